The van der Waals surface area contributed by atoms with Crippen molar-refractivity contribution < 1.29 is 15.1 Å². The predicted molar refractivity (Wildman–Crippen MR) is 59.7 cm³/mol. The van der Waals surface area contributed by atoms with Crippen molar-refractivity contribution in [2.45, 2.75) is 6.10 Å². The van der Waals surface area contributed by atoms with Gasteiger partial charge in [0.2, 0.25) is 0 Å². The molecule has 0 saturated heterocycles. The van der Waals surface area contributed by atoms with E-state index in [9.17, 15) is 10.1 Å². The molecule has 0 aromatic heterocycles. The summed E-state index contributed by atoms with van der Waals surface area (Å²) in [5, 5.41) is 31.1. The number of nitrogens with zero attached hydrogens (tertiary/aromatic N) is 1. The number of benzene rings is 1. The smallest absolute Gasteiger partial charge is 0.310 e. The van der Waals surface area contributed by atoms with Gasteiger partial charge in [0.05, 0.1) is 17.6 Å². The van der Waals surface area contributed by atoms with Crippen molar-refractivity contribution in [2.75, 3.05) is 18.5 Å². The van der Waals surface area contributed by atoms with Crippen LogP contribution in [0.2, 0.25) is 5.02 Å². The van der Waals surface area contributed by atoms with Crippen molar-refractivity contribution in [3.8, 4) is 0 Å². The number of aliphatic hydroxyl groups is 2. The first-order chi connectivity index (χ1) is 7.56. The molecule has 3 N–H and O–H groups in total. The van der Waals surface area contributed by atoms with Gasteiger partial charge < -0.3 is 15.5 Å². The second-order valence-corrected chi connectivity index (χ2v) is 3.52. The molecule has 0 radical (unpaired) electrons. The first-order valence-electron chi connectivity index (χ1n) is 4.52. The van der Waals surface area contributed by atoms with Gasteiger partial charge in [-0.25, -0.2) is 0 Å². The Morgan fingerprint density at radius 3 is 2.81 bits per heavy atom. The van der Waals surface area contributed by atoms with Crippen molar-refractivity contribution in [1.29, 1.82) is 0 Å². The molecule has 16 heavy (non-hydrogen) atoms. The molecule has 0 amide bonds. The summed E-state index contributed by atoms with van der Waals surface area (Å²) in [6, 6.07) is 4.45. The van der Waals surface area contributed by atoms with E-state index in [0.29, 0.717) is 0 Å². The lowest BCUT2D eigenvalue weighted by atomic mass is 10.2. The summed E-state index contributed by atoms with van der Waals surface area (Å²) in [6.45, 7) is -0.404. The molecule has 1 aromatic rings. The Labute approximate surface area is 96.6 Å². The van der Waals surface area contributed by atoms with Gasteiger partial charge in [-0.2, -0.15) is 0 Å². The van der Waals surface area contributed by atoms with Crippen LogP contribution in [0, 0.1) is 10.1 Å². The maximum atomic E-state index is 10.7. The van der Waals surface area contributed by atoms with Gasteiger partial charge in [-0.1, -0.05) is 17.7 Å². The van der Waals surface area contributed by atoms with Gasteiger partial charge in [0.1, 0.15) is 10.7 Å². The van der Waals surface area contributed by atoms with Crippen molar-refractivity contribution in [2.24, 2.45) is 0 Å². The SMILES string of the molecule is O=[N+]([O-])c1c(Cl)cccc1NCC(O)CO. The number of anilines is 1. The summed E-state index contributed by atoms with van der Waals surface area (Å²) < 4.78 is 0. The highest BCUT2D eigenvalue weighted by Crippen LogP contribution is 2.31. The topological polar surface area (TPSA) is 95.6 Å². The monoisotopic (exact) mass is 246 g/mol. The third kappa shape index (κ3) is 3.06. The van der Waals surface area contributed by atoms with Gasteiger partial charge in [-0.05, 0) is 12.1 Å². The third-order valence-electron chi connectivity index (χ3n) is 1.91. The van der Waals surface area contributed by atoms with Crippen LogP contribution in [0.15, 0.2) is 18.2 Å². The van der Waals surface area contributed by atoms with E-state index in [1.165, 1.54) is 12.1 Å². The average molecular weight is 247 g/mol. The van der Waals surface area contributed by atoms with Gasteiger partial charge in [-0.3, -0.25) is 10.1 Å². The van der Waals surface area contributed by atoms with Crippen LogP contribution in [0.25, 0.3) is 0 Å². The number of nitro groups is 1. The van der Waals surface area contributed by atoms with Crippen molar-refractivity contribution in [1.82, 2.24) is 0 Å². The Bertz CT molecular complexity index is 386. The fraction of sp³-hybridized carbons (Fsp3) is 0.333. The molecule has 0 aliphatic carbocycles. The highest BCUT2D eigenvalue weighted by Gasteiger charge is 2.18. The zero-order chi connectivity index (χ0) is 12.1. The number of hydrogen-bond acceptors (Lipinski definition) is 5. The van der Waals surface area contributed by atoms with Crippen LogP contribution in [-0.4, -0.2) is 34.4 Å². The first kappa shape index (κ1) is 12.7. The van der Waals surface area contributed by atoms with E-state index in [-0.39, 0.29) is 22.9 Å². The highest BCUT2D eigenvalue weighted by molar-refractivity contribution is 6.33. The standard InChI is InChI=1S/C9H11ClN2O4/c10-7-2-1-3-8(9(7)12(15)16)11-4-6(14)5-13/h1-3,6,11,13-14H,4-5H2. The first-order valence-corrected chi connectivity index (χ1v) is 4.89. The summed E-state index contributed by atoms with van der Waals surface area (Å²) >= 11 is 5.68. The number of rotatable bonds is 5. The number of aliphatic hydroxyl groups excluding tert-OH is 2. The fourth-order valence-corrected chi connectivity index (χ4v) is 1.38. The molecule has 1 rings (SSSR count). The van der Waals surface area contributed by atoms with Crippen molar-refractivity contribution >= 4 is 23.0 Å². The minimum atomic E-state index is -0.974. The molecule has 0 saturated carbocycles. The van der Waals surface area contributed by atoms with E-state index >= 15 is 0 Å². The number of nitrogens with one attached hydrogen (secondary N) is 1. The Morgan fingerprint density at radius 1 is 1.56 bits per heavy atom. The van der Waals surface area contributed by atoms with Gasteiger partial charge in [0.15, 0.2) is 0 Å². The molecular weight excluding hydrogens is 236 g/mol. The van der Waals surface area contributed by atoms with Crippen LogP contribution >= 0.6 is 11.6 Å². The van der Waals surface area contributed by atoms with E-state index < -0.39 is 17.6 Å². The van der Waals surface area contributed by atoms with E-state index in [2.05, 4.69) is 5.32 Å². The molecule has 88 valence electrons. The van der Waals surface area contributed by atoms with Gasteiger partial charge in [0.25, 0.3) is 0 Å². The molecular formula is C9H11ClN2O4. The Kier molecular flexibility index (Phi) is 4.48. The molecule has 1 atom stereocenters. The normalized spacial score (nSPS) is 12.2. The lowest BCUT2D eigenvalue weighted by Gasteiger charge is -2.10. The molecule has 0 fully saturated rings. The zero-order valence-corrected chi connectivity index (χ0v) is 9.02. The number of nitro benzene ring substituents is 1. The number of halogens is 1. The molecule has 0 spiro atoms. The van der Waals surface area contributed by atoms with E-state index in [0.717, 1.165) is 0 Å². The number of hydrogen-bond donors (Lipinski definition) is 3. The third-order valence-corrected chi connectivity index (χ3v) is 2.21. The summed E-state index contributed by atoms with van der Waals surface area (Å²) in [5.74, 6) is 0. The molecule has 6 nitrogen and oxygen atoms in total. The van der Waals surface area contributed by atoms with E-state index in [4.69, 9.17) is 21.8 Å². The second kappa shape index (κ2) is 5.64. The quantitative estimate of drug-likeness (QED) is 0.532. The second-order valence-electron chi connectivity index (χ2n) is 3.11. The average Bonchev–Trinajstić information content (AvgIpc) is 2.25. The minimum Gasteiger partial charge on any atom is -0.394 e. The van der Waals surface area contributed by atoms with Gasteiger partial charge in [-0.15, -0.1) is 0 Å². The molecule has 1 aromatic carbocycles. The van der Waals surface area contributed by atoms with E-state index in [1.54, 1.807) is 6.07 Å². The van der Waals surface area contributed by atoms with Crippen LogP contribution in [-0.2, 0) is 0 Å². The molecule has 7 heteroatoms. The minimum absolute atomic E-state index is 0.0116. The lowest BCUT2D eigenvalue weighted by Crippen LogP contribution is -2.23. The summed E-state index contributed by atoms with van der Waals surface area (Å²) in [4.78, 5) is 10.1. The van der Waals surface area contributed by atoms with Crippen molar-refractivity contribution in [3.05, 3.63) is 33.3 Å². The Morgan fingerprint density at radius 2 is 2.25 bits per heavy atom. The van der Waals surface area contributed by atoms with Crippen LogP contribution < -0.4 is 5.32 Å². The highest BCUT2D eigenvalue weighted by atomic mass is 35.5. The predicted octanol–water partition coefficient (Wildman–Crippen LogP) is 1.01. The summed E-state index contributed by atoms with van der Waals surface area (Å²) in [7, 11) is 0. The van der Waals surface area contributed by atoms with Crippen molar-refractivity contribution in [3.63, 3.8) is 0 Å². The zero-order valence-electron chi connectivity index (χ0n) is 8.26. The summed E-state index contributed by atoms with van der Waals surface area (Å²) in [5.41, 5.74) is -0.0284. The van der Waals surface area contributed by atoms with Gasteiger partial charge in [0, 0.05) is 6.54 Å². The lowest BCUT2D eigenvalue weighted by molar-refractivity contribution is -0.383. The van der Waals surface area contributed by atoms with Gasteiger partial charge >= 0.3 is 5.69 Å². The molecule has 0 aliphatic heterocycles. The summed E-state index contributed by atoms with van der Waals surface area (Å²) in [6.07, 6.45) is -0.974. The molecule has 0 aliphatic rings. The van der Waals surface area contributed by atoms with Crippen LogP contribution in [0.3, 0.4) is 0 Å². The largest absolute Gasteiger partial charge is 0.394 e. The fourth-order valence-electron chi connectivity index (χ4n) is 1.14. The Hall–Kier alpha value is -1.37. The molecule has 0 heterocycles. The number of para-hydroxylation sites is 1. The molecule has 0 bridgehead atoms. The Balaban J connectivity index is 2.87. The van der Waals surface area contributed by atoms with Crippen LogP contribution in [0.4, 0.5) is 11.4 Å². The maximum Gasteiger partial charge on any atom is 0.310 e. The van der Waals surface area contributed by atoms with Crippen LogP contribution in [0.1, 0.15) is 0 Å². The van der Waals surface area contributed by atoms with E-state index in [1.807, 2.05) is 0 Å². The van der Waals surface area contributed by atoms with Crippen LogP contribution in [0.5, 0.6) is 0 Å². The molecule has 1 unspecified atom stereocenters. The maximum absolute atomic E-state index is 10.7.